The summed E-state index contributed by atoms with van der Waals surface area (Å²) in [5, 5.41) is 0. The predicted octanol–water partition coefficient (Wildman–Crippen LogP) is 4.57. The molecule has 6 heteroatoms. The molecule has 0 saturated heterocycles. The van der Waals surface area contributed by atoms with Crippen LogP contribution in [0.25, 0.3) is 0 Å². The van der Waals surface area contributed by atoms with Crippen molar-refractivity contribution in [2.75, 3.05) is 28.4 Å². The van der Waals surface area contributed by atoms with Gasteiger partial charge in [-0.25, -0.2) is 0 Å². The van der Waals surface area contributed by atoms with Crippen LogP contribution in [0.4, 0.5) is 0 Å². The van der Waals surface area contributed by atoms with E-state index in [9.17, 15) is 0 Å². The number of rotatable bonds is 12. The minimum Gasteiger partial charge on any atom is -0.394 e. The van der Waals surface area contributed by atoms with Gasteiger partial charge in [0.1, 0.15) is 0 Å². The number of allylic oxidation sites excluding steroid dienone is 2. The van der Waals surface area contributed by atoms with Crippen molar-refractivity contribution in [3.05, 3.63) is 23.6 Å². The number of hydrogen-bond donors (Lipinski definition) is 0. The first-order valence-electron chi connectivity index (χ1n) is 8.42. The molecule has 0 aliphatic heterocycles. The van der Waals surface area contributed by atoms with Crippen LogP contribution in [-0.2, 0) is 17.7 Å². The van der Waals surface area contributed by atoms with E-state index in [1.807, 2.05) is 0 Å². The number of hydrogen-bond acceptors (Lipinski definition) is 4. The van der Waals surface area contributed by atoms with Crippen LogP contribution >= 0.6 is 0 Å². The van der Waals surface area contributed by atoms with E-state index in [0.29, 0.717) is 0 Å². The van der Waals surface area contributed by atoms with Gasteiger partial charge < -0.3 is 17.7 Å². The summed E-state index contributed by atoms with van der Waals surface area (Å²) in [4.78, 5) is 0. The highest BCUT2D eigenvalue weighted by atomic mass is 28.4. The Hall–Kier alpha value is -0.246. The van der Waals surface area contributed by atoms with Gasteiger partial charge in [-0.2, -0.15) is 0 Å². The zero-order valence-corrected chi connectivity index (χ0v) is 18.3. The molecule has 0 bridgehead atoms. The van der Waals surface area contributed by atoms with Crippen LogP contribution in [0.1, 0.15) is 53.4 Å². The lowest BCUT2D eigenvalue weighted by atomic mass is 10.3. The van der Waals surface area contributed by atoms with E-state index in [4.69, 9.17) is 17.7 Å². The quantitative estimate of drug-likeness (QED) is 0.478. The molecule has 0 spiro atoms. The van der Waals surface area contributed by atoms with Crippen LogP contribution in [0.2, 0.25) is 4.66 Å². The molecule has 0 heterocycles. The third-order valence-corrected chi connectivity index (χ3v) is 13.9. The minimum absolute atomic E-state index is 0.360. The van der Waals surface area contributed by atoms with Gasteiger partial charge in [0.25, 0.3) is 0 Å². The summed E-state index contributed by atoms with van der Waals surface area (Å²) in [5.74, 6) is 0. The van der Waals surface area contributed by atoms with Gasteiger partial charge in [-0.1, -0.05) is 52.7 Å². The zero-order chi connectivity index (χ0) is 18.0. The van der Waals surface area contributed by atoms with E-state index in [0.717, 1.165) is 25.7 Å². The Morgan fingerprint density at radius 1 is 0.696 bits per heavy atom. The van der Waals surface area contributed by atoms with Gasteiger partial charge in [0.2, 0.25) is 0 Å². The molecule has 0 rings (SSSR count). The average Bonchev–Trinajstić information content (AvgIpc) is 2.56. The van der Waals surface area contributed by atoms with E-state index in [-0.39, 0.29) is 4.66 Å². The van der Waals surface area contributed by atoms with Crippen LogP contribution in [0.3, 0.4) is 0 Å². The summed E-state index contributed by atoms with van der Waals surface area (Å²) in [5.41, 5.74) is 4.29. The van der Waals surface area contributed by atoms with Gasteiger partial charge in [-0.3, -0.25) is 0 Å². The third kappa shape index (κ3) is 4.87. The maximum absolute atomic E-state index is 5.99. The molecule has 0 unspecified atom stereocenters. The maximum Gasteiger partial charge on any atom is 0.372 e. The van der Waals surface area contributed by atoms with E-state index in [1.54, 1.807) is 28.4 Å². The van der Waals surface area contributed by atoms with Crippen LogP contribution in [0.5, 0.6) is 0 Å². The molecule has 0 aromatic rings. The van der Waals surface area contributed by atoms with Crippen molar-refractivity contribution in [1.29, 1.82) is 0 Å². The SMILES string of the molecule is CCCC=C[Si](OC)(OC)C(C)(C)[Si](C=CCCC)(OC)OC. The topological polar surface area (TPSA) is 36.9 Å². The second-order valence-corrected chi connectivity index (χ2v) is 14.1. The van der Waals surface area contributed by atoms with Crippen molar-refractivity contribution in [3.8, 4) is 0 Å². The Morgan fingerprint density at radius 2 is 1.00 bits per heavy atom. The summed E-state index contributed by atoms with van der Waals surface area (Å²) >= 11 is 0. The number of unbranched alkanes of at least 4 members (excludes halogenated alkanes) is 2. The molecule has 0 radical (unpaired) electrons. The summed E-state index contributed by atoms with van der Waals surface area (Å²) in [7, 11) is 1.59. The molecule has 136 valence electrons. The van der Waals surface area contributed by atoms with Crippen molar-refractivity contribution in [2.24, 2.45) is 0 Å². The first kappa shape index (κ1) is 22.8. The van der Waals surface area contributed by atoms with Crippen LogP contribution < -0.4 is 0 Å². The zero-order valence-electron chi connectivity index (χ0n) is 16.3. The third-order valence-electron chi connectivity index (χ3n) is 4.54. The standard InChI is InChI=1S/C17H36O4Si2/c1-9-11-13-15-22(18-5,19-6)17(3,4)23(20-7,21-8)16-14-12-10-2/h13-16H,9-12H2,1-8H3. The molecular formula is C17H36O4Si2. The van der Waals surface area contributed by atoms with E-state index >= 15 is 0 Å². The molecular weight excluding hydrogens is 324 g/mol. The largest absolute Gasteiger partial charge is 0.394 e. The molecule has 4 nitrogen and oxygen atoms in total. The lowest BCUT2D eigenvalue weighted by Crippen LogP contribution is -2.63. The maximum atomic E-state index is 5.99. The normalized spacial score (nSPS) is 14.3. The molecule has 0 aromatic carbocycles. The monoisotopic (exact) mass is 360 g/mol. The first-order valence-corrected chi connectivity index (χ1v) is 12.2. The highest BCUT2D eigenvalue weighted by Crippen LogP contribution is 2.48. The molecule has 0 aliphatic rings. The van der Waals surface area contributed by atoms with Crippen molar-refractivity contribution in [3.63, 3.8) is 0 Å². The van der Waals surface area contributed by atoms with Gasteiger partial charge in [-0.15, -0.1) is 0 Å². The van der Waals surface area contributed by atoms with Gasteiger partial charge in [-0.05, 0) is 24.2 Å². The van der Waals surface area contributed by atoms with Gasteiger partial charge in [0, 0.05) is 28.4 Å². The van der Waals surface area contributed by atoms with Crippen molar-refractivity contribution < 1.29 is 17.7 Å². The van der Waals surface area contributed by atoms with Crippen molar-refractivity contribution in [2.45, 2.75) is 58.0 Å². The van der Waals surface area contributed by atoms with E-state index in [2.05, 4.69) is 51.2 Å². The lowest BCUT2D eigenvalue weighted by molar-refractivity contribution is 0.197. The van der Waals surface area contributed by atoms with Crippen molar-refractivity contribution >= 4 is 17.1 Å². The van der Waals surface area contributed by atoms with Crippen LogP contribution in [0.15, 0.2) is 23.6 Å². The van der Waals surface area contributed by atoms with Gasteiger partial charge in [0.15, 0.2) is 0 Å². The predicted molar refractivity (Wildman–Crippen MR) is 102 cm³/mol. The molecule has 0 aliphatic carbocycles. The Balaban J connectivity index is 5.94. The van der Waals surface area contributed by atoms with Gasteiger partial charge in [0.05, 0.1) is 4.66 Å². The fourth-order valence-corrected chi connectivity index (χ4v) is 11.3. The summed E-state index contributed by atoms with van der Waals surface area (Å²) in [6.07, 6.45) is 8.56. The Kier molecular flexibility index (Phi) is 10.5. The Labute approximate surface area is 145 Å². The average molecular weight is 361 g/mol. The highest BCUT2D eigenvalue weighted by Gasteiger charge is 2.64. The second-order valence-electron chi connectivity index (χ2n) is 6.16. The highest BCUT2D eigenvalue weighted by molar-refractivity contribution is 6.95. The Morgan fingerprint density at radius 3 is 1.22 bits per heavy atom. The van der Waals surface area contributed by atoms with E-state index in [1.165, 1.54) is 0 Å². The molecule has 0 amide bonds. The first-order chi connectivity index (χ1) is 10.9. The molecule has 0 N–H and O–H groups in total. The molecule has 0 aromatic heterocycles. The molecule has 0 saturated carbocycles. The molecule has 0 fully saturated rings. The van der Waals surface area contributed by atoms with Gasteiger partial charge >= 0.3 is 17.1 Å². The van der Waals surface area contributed by atoms with Crippen LogP contribution in [-0.4, -0.2) is 45.6 Å². The summed E-state index contributed by atoms with van der Waals surface area (Å²) in [6, 6.07) is 0. The minimum atomic E-state index is -2.67. The van der Waals surface area contributed by atoms with Crippen molar-refractivity contribution in [1.82, 2.24) is 0 Å². The van der Waals surface area contributed by atoms with Crippen LogP contribution in [0, 0.1) is 0 Å². The smallest absolute Gasteiger partial charge is 0.372 e. The molecule has 0 atom stereocenters. The summed E-state index contributed by atoms with van der Waals surface area (Å²) < 4.78 is 23.6. The Bertz CT molecular complexity index is 339. The lowest BCUT2D eigenvalue weighted by Gasteiger charge is -2.47. The second kappa shape index (κ2) is 10.6. The van der Waals surface area contributed by atoms with E-state index < -0.39 is 17.1 Å². The molecule has 23 heavy (non-hydrogen) atoms. The summed E-state index contributed by atoms with van der Waals surface area (Å²) in [6.45, 7) is 8.63. The fraction of sp³-hybridized carbons (Fsp3) is 0.765. The fourth-order valence-electron chi connectivity index (χ4n) is 2.93.